The van der Waals surface area contributed by atoms with Crippen molar-refractivity contribution in [1.29, 1.82) is 0 Å². The standard InChI is InChI=1S/C22H25ClN2O5S/c23-18-10-6-15(7-11-18)16-8-12-19(13-9-16)31(29,30)25-20(22(27)28)5-2-14-24-21(26)17-3-1-4-17/h6-13,17,20,25H,1-5,14H2,(H,24,26)(H,27,28)/t20-/m0/s1. The molecule has 3 N–H and O–H groups in total. The van der Waals surface area contributed by atoms with Gasteiger partial charge in [0.1, 0.15) is 6.04 Å². The zero-order valence-corrected chi connectivity index (χ0v) is 18.5. The minimum atomic E-state index is -4.01. The number of carbonyl (C=O) groups is 2. The first-order valence-corrected chi connectivity index (χ1v) is 12.0. The van der Waals surface area contributed by atoms with Crippen molar-refractivity contribution < 1.29 is 23.1 Å². The molecular formula is C22H25ClN2O5S. The third kappa shape index (κ3) is 6.29. The second-order valence-corrected chi connectivity index (χ2v) is 9.75. The Hall–Kier alpha value is -2.42. The molecule has 1 aliphatic rings. The Bertz CT molecular complexity index is 1020. The highest BCUT2D eigenvalue weighted by Gasteiger charge is 2.26. The molecule has 0 spiro atoms. The van der Waals surface area contributed by atoms with E-state index in [-0.39, 0.29) is 23.1 Å². The highest BCUT2D eigenvalue weighted by atomic mass is 35.5. The van der Waals surface area contributed by atoms with E-state index in [0.717, 1.165) is 30.4 Å². The topological polar surface area (TPSA) is 113 Å². The normalized spacial score (nSPS) is 15.1. The molecule has 1 atom stereocenters. The first kappa shape index (κ1) is 23.2. The molecule has 1 aliphatic carbocycles. The number of aliphatic carboxylic acids is 1. The molecule has 0 aromatic heterocycles. The van der Waals surface area contributed by atoms with Crippen molar-refractivity contribution >= 4 is 33.5 Å². The lowest BCUT2D eigenvalue weighted by molar-refractivity contribution is -0.139. The molecule has 0 unspecified atom stereocenters. The van der Waals surface area contributed by atoms with Crippen LogP contribution in [0.5, 0.6) is 0 Å². The van der Waals surface area contributed by atoms with Crippen LogP contribution >= 0.6 is 11.6 Å². The summed E-state index contributed by atoms with van der Waals surface area (Å²) in [6.45, 7) is 0.316. The summed E-state index contributed by atoms with van der Waals surface area (Å²) in [5.74, 6) is -1.21. The number of amides is 1. The molecule has 7 nitrogen and oxygen atoms in total. The summed E-state index contributed by atoms with van der Waals surface area (Å²) in [5, 5.41) is 12.8. The van der Waals surface area contributed by atoms with E-state index in [1.165, 1.54) is 12.1 Å². The van der Waals surface area contributed by atoms with E-state index in [9.17, 15) is 23.1 Å². The third-order valence-corrected chi connectivity index (χ3v) is 7.12. The van der Waals surface area contributed by atoms with Crippen molar-refractivity contribution in [2.24, 2.45) is 5.92 Å². The van der Waals surface area contributed by atoms with E-state index in [1.54, 1.807) is 24.3 Å². The van der Waals surface area contributed by atoms with Gasteiger partial charge in [0.15, 0.2) is 0 Å². The van der Waals surface area contributed by atoms with Gasteiger partial charge in [-0.1, -0.05) is 42.3 Å². The summed E-state index contributed by atoms with van der Waals surface area (Å²) in [7, 11) is -4.01. The second-order valence-electron chi connectivity index (χ2n) is 7.60. The SMILES string of the molecule is O=C(NCCC[C@H](NS(=O)(=O)c1ccc(-c2ccc(Cl)cc2)cc1)C(=O)O)C1CCC1. The first-order valence-electron chi connectivity index (χ1n) is 10.1. The number of hydrogen-bond donors (Lipinski definition) is 3. The van der Waals surface area contributed by atoms with E-state index in [4.69, 9.17) is 11.6 Å². The van der Waals surface area contributed by atoms with Crippen molar-refractivity contribution in [1.82, 2.24) is 10.0 Å². The predicted molar refractivity (Wildman–Crippen MR) is 118 cm³/mol. The van der Waals surface area contributed by atoms with Gasteiger partial charge in [-0.05, 0) is 61.1 Å². The number of nitrogens with one attached hydrogen (secondary N) is 2. The number of carboxylic acid groups (broad SMARTS) is 1. The number of halogens is 1. The minimum Gasteiger partial charge on any atom is -0.480 e. The molecule has 166 valence electrons. The number of sulfonamides is 1. The maximum absolute atomic E-state index is 12.7. The van der Waals surface area contributed by atoms with E-state index in [2.05, 4.69) is 10.0 Å². The Balaban J connectivity index is 1.57. The number of benzene rings is 2. The van der Waals surface area contributed by atoms with Crippen LogP contribution in [0.15, 0.2) is 53.4 Å². The summed E-state index contributed by atoms with van der Waals surface area (Å²) in [4.78, 5) is 23.3. The number of rotatable bonds is 10. The minimum absolute atomic E-state index is 0.0144. The number of carbonyl (C=O) groups excluding carboxylic acids is 1. The second kappa shape index (κ2) is 10.3. The summed E-state index contributed by atoms with van der Waals surface area (Å²) in [6.07, 6.45) is 3.26. The van der Waals surface area contributed by atoms with Crippen LogP contribution in [0.1, 0.15) is 32.1 Å². The maximum atomic E-state index is 12.7. The lowest BCUT2D eigenvalue weighted by Crippen LogP contribution is -2.41. The van der Waals surface area contributed by atoms with Gasteiger partial charge in [0.05, 0.1) is 4.90 Å². The van der Waals surface area contributed by atoms with Gasteiger partial charge < -0.3 is 10.4 Å². The van der Waals surface area contributed by atoms with Gasteiger partial charge in [-0.3, -0.25) is 9.59 Å². The zero-order chi connectivity index (χ0) is 22.4. The fraction of sp³-hybridized carbons (Fsp3) is 0.364. The lowest BCUT2D eigenvalue weighted by Gasteiger charge is -2.24. The Morgan fingerprint density at radius 2 is 1.61 bits per heavy atom. The van der Waals surface area contributed by atoms with Crippen LogP contribution in [-0.4, -0.2) is 38.0 Å². The molecule has 0 bridgehead atoms. The van der Waals surface area contributed by atoms with Crippen LogP contribution in [0.4, 0.5) is 0 Å². The molecule has 1 amide bonds. The van der Waals surface area contributed by atoms with Crippen LogP contribution in [0.25, 0.3) is 11.1 Å². The van der Waals surface area contributed by atoms with Crippen molar-refractivity contribution in [3.63, 3.8) is 0 Å². The Morgan fingerprint density at radius 3 is 2.13 bits per heavy atom. The fourth-order valence-corrected chi connectivity index (χ4v) is 4.64. The molecule has 3 rings (SSSR count). The highest BCUT2D eigenvalue weighted by Crippen LogP contribution is 2.26. The van der Waals surface area contributed by atoms with Crippen molar-refractivity contribution in [2.75, 3.05) is 6.54 Å². The van der Waals surface area contributed by atoms with Crippen LogP contribution < -0.4 is 10.0 Å². The highest BCUT2D eigenvalue weighted by molar-refractivity contribution is 7.89. The number of carboxylic acids is 1. The number of hydrogen-bond acceptors (Lipinski definition) is 4. The van der Waals surface area contributed by atoms with Gasteiger partial charge in [-0.15, -0.1) is 0 Å². The van der Waals surface area contributed by atoms with E-state index >= 15 is 0 Å². The van der Waals surface area contributed by atoms with Crippen LogP contribution in [0, 0.1) is 5.92 Å². The van der Waals surface area contributed by atoms with Crippen molar-refractivity contribution in [3.8, 4) is 11.1 Å². The summed E-state index contributed by atoms with van der Waals surface area (Å²) < 4.78 is 27.6. The summed E-state index contributed by atoms with van der Waals surface area (Å²) >= 11 is 5.89. The molecule has 2 aromatic carbocycles. The lowest BCUT2D eigenvalue weighted by atomic mass is 9.85. The molecule has 0 heterocycles. The predicted octanol–water partition coefficient (Wildman–Crippen LogP) is 3.44. The quantitative estimate of drug-likeness (QED) is 0.466. The Morgan fingerprint density at radius 1 is 1.03 bits per heavy atom. The van der Waals surface area contributed by atoms with E-state index in [0.29, 0.717) is 18.0 Å². The molecule has 9 heteroatoms. The molecule has 0 saturated heterocycles. The van der Waals surface area contributed by atoms with Crippen LogP contribution in [-0.2, 0) is 19.6 Å². The van der Waals surface area contributed by atoms with Gasteiger partial charge in [-0.2, -0.15) is 4.72 Å². The van der Waals surface area contributed by atoms with Gasteiger partial charge in [-0.25, -0.2) is 8.42 Å². The van der Waals surface area contributed by atoms with E-state index in [1.807, 2.05) is 12.1 Å². The summed E-state index contributed by atoms with van der Waals surface area (Å²) in [6, 6.07) is 12.1. The molecule has 1 fully saturated rings. The van der Waals surface area contributed by atoms with Crippen LogP contribution in [0.3, 0.4) is 0 Å². The smallest absolute Gasteiger partial charge is 0.321 e. The molecule has 1 saturated carbocycles. The largest absolute Gasteiger partial charge is 0.480 e. The van der Waals surface area contributed by atoms with Gasteiger partial charge in [0.25, 0.3) is 0 Å². The molecule has 0 aliphatic heterocycles. The zero-order valence-electron chi connectivity index (χ0n) is 16.9. The summed E-state index contributed by atoms with van der Waals surface area (Å²) in [5.41, 5.74) is 1.70. The fourth-order valence-electron chi connectivity index (χ4n) is 3.29. The Kier molecular flexibility index (Phi) is 7.69. The molecule has 0 radical (unpaired) electrons. The van der Waals surface area contributed by atoms with Gasteiger partial charge in [0.2, 0.25) is 15.9 Å². The first-order chi connectivity index (χ1) is 14.8. The molecule has 2 aromatic rings. The van der Waals surface area contributed by atoms with Gasteiger partial charge in [0, 0.05) is 17.5 Å². The third-order valence-electron chi connectivity index (χ3n) is 5.38. The Labute approximate surface area is 186 Å². The monoisotopic (exact) mass is 464 g/mol. The maximum Gasteiger partial charge on any atom is 0.321 e. The van der Waals surface area contributed by atoms with Crippen LogP contribution in [0.2, 0.25) is 5.02 Å². The average molecular weight is 465 g/mol. The van der Waals surface area contributed by atoms with E-state index < -0.39 is 22.0 Å². The average Bonchev–Trinajstić information content (AvgIpc) is 2.69. The molecule has 31 heavy (non-hydrogen) atoms. The van der Waals surface area contributed by atoms with Crippen molar-refractivity contribution in [3.05, 3.63) is 53.6 Å². The van der Waals surface area contributed by atoms with Crippen molar-refractivity contribution in [2.45, 2.75) is 43.0 Å². The molecular weight excluding hydrogens is 440 g/mol. The van der Waals surface area contributed by atoms with Gasteiger partial charge >= 0.3 is 5.97 Å².